The number of benzene rings is 2. The molecule has 0 aliphatic carbocycles. The maximum Gasteiger partial charge on any atom is 0.411 e. The van der Waals surface area contributed by atoms with E-state index in [-0.39, 0.29) is 18.4 Å². The molecule has 0 saturated carbocycles. The number of carbonyl (C=O) groups is 3. The largest absolute Gasteiger partial charge is 0.479 e. The highest BCUT2D eigenvalue weighted by molar-refractivity contribution is 6.06. The van der Waals surface area contributed by atoms with Gasteiger partial charge in [0.05, 0.1) is 12.3 Å². The molecule has 1 aliphatic rings. The number of hydrogen-bond acceptors (Lipinski definition) is 5. The zero-order valence-corrected chi connectivity index (χ0v) is 14.9. The van der Waals surface area contributed by atoms with E-state index in [2.05, 4.69) is 16.0 Å². The fourth-order valence-corrected chi connectivity index (χ4v) is 2.51. The first-order valence-corrected chi connectivity index (χ1v) is 8.43. The van der Waals surface area contributed by atoms with Crippen LogP contribution in [0.15, 0.2) is 42.5 Å². The first-order valence-electron chi connectivity index (χ1n) is 8.43. The molecule has 2 aromatic rings. The van der Waals surface area contributed by atoms with Crippen molar-refractivity contribution in [2.75, 3.05) is 22.6 Å². The lowest BCUT2D eigenvalue weighted by Gasteiger charge is -2.23. The second-order valence-corrected chi connectivity index (χ2v) is 5.84. The molecule has 0 aromatic heterocycles. The van der Waals surface area contributed by atoms with Crippen LogP contribution in [0.25, 0.3) is 0 Å². The van der Waals surface area contributed by atoms with Gasteiger partial charge >= 0.3 is 6.09 Å². The third-order valence-corrected chi connectivity index (χ3v) is 3.81. The topological polar surface area (TPSA) is 106 Å². The van der Waals surface area contributed by atoms with E-state index in [1.54, 1.807) is 50.2 Å². The Morgan fingerprint density at radius 2 is 1.93 bits per heavy atom. The van der Waals surface area contributed by atoms with Gasteiger partial charge in [-0.3, -0.25) is 14.9 Å². The van der Waals surface area contributed by atoms with Gasteiger partial charge in [0.25, 0.3) is 11.8 Å². The molecule has 3 N–H and O–H groups in total. The van der Waals surface area contributed by atoms with Gasteiger partial charge in [0.15, 0.2) is 6.10 Å². The van der Waals surface area contributed by atoms with Crippen LogP contribution in [-0.2, 0) is 9.53 Å². The summed E-state index contributed by atoms with van der Waals surface area (Å²) >= 11 is 0. The summed E-state index contributed by atoms with van der Waals surface area (Å²) < 4.78 is 10.3. The molecular formula is C19H19N3O5. The normalized spacial score (nSPS) is 15.0. The maximum atomic E-state index is 12.5. The molecule has 0 bridgehead atoms. The minimum atomic E-state index is -0.588. The molecule has 1 atom stereocenters. The summed E-state index contributed by atoms with van der Waals surface area (Å²) in [4.78, 5) is 35.7. The van der Waals surface area contributed by atoms with Crippen LogP contribution in [0.3, 0.4) is 0 Å². The van der Waals surface area contributed by atoms with Crippen LogP contribution in [0.1, 0.15) is 24.2 Å². The molecule has 0 saturated heterocycles. The van der Waals surface area contributed by atoms with E-state index >= 15 is 0 Å². The van der Waals surface area contributed by atoms with Crippen molar-refractivity contribution in [1.29, 1.82) is 0 Å². The summed E-state index contributed by atoms with van der Waals surface area (Å²) in [5, 5.41) is 8.03. The highest BCUT2D eigenvalue weighted by atomic mass is 16.5. The number of ether oxygens (including phenoxy) is 2. The standard InChI is InChI=1S/C19H19N3O5/c1-3-26-19(25)21-13-6-4-5-12(9-13)18(24)20-14-7-8-16-15(10-14)22-17(23)11(2)27-16/h4-11H,3H2,1-2H3,(H,20,24)(H,21,25)(H,22,23)/t11-/m0/s1. The molecule has 140 valence electrons. The highest BCUT2D eigenvalue weighted by Gasteiger charge is 2.23. The van der Waals surface area contributed by atoms with Gasteiger partial charge in [-0.1, -0.05) is 6.07 Å². The maximum absolute atomic E-state index is 12.5. The second-order valence-electron chi connectivity index (χ2n) is 5.84. The summed E-state index contributed by atoms with van der Waals surface area (Å²) in [6, 6.07) is 11.5. The van der Waals surface area contributed by atoms with Crippen LogP contribution in [0.5, 0.6) is 5.75 Å². The van der Waals surface area contributed by atoms with E-state index in [0.29, 0.717) is 28.4 Å². The lowest BCUT2D eigenvalue weighted by Crippen LogP contribution is -2.34. The molecule has 3 rings (SSSR count). The quantitative estimate of drug-likeness (QED) is 0.767. The SMILES string of the molecule is CCOC(=O)Nc1cccc(C(=O)Nc2ccc3c(c2)NC(=O)[C@H](C)O3)c1. The average Bonchev–Trinajstić information content (AvgIpc) is 2.63. The third kappa shape index (κ3) is 4.35. The number of anilines is 3. The van der Waals surface area contributed by atoms with Crippen molar-refractivity contribution >= 4 is 35.0 Å². The minimum absolute atomic E-state index is 0.247. The first-order chi connectivity index (χ1) is 13.0. The van der Waals surface area contributed by atoms with E-state index in [4.69, 9.17) is 9.47 Å². The monoisotopic (exact) mass is 369 g/mol. The molecule has 8 heteroatoms. The molecule has 1 heterocycles. The zero-order valence-electron chi connectivity index (χ0n) is 14.9. The van der Waals surface area contributed by atoms with Crippen molar-refractivity contribution in [2.45, 2.75) is 20.0 Å². The predicted molar refractivity (Wildman–Crippen MR) is 100 cm³/mol. The second kappa shape index (κ2) is 7.77. The van der Waals surface area contributed by atoms with E-state index < -0.39 is 12.2 Å². The minimum Gasteiger partial charge on any atom is -0.479 e. The van der Waals surface area contributed by atoms with E-state index in [1.807, 2.05) is 0 Å². The van der Waals surface area contributed by atoms with Gasteiger partial charge in [0, 0.05) is 16.9 Å². The Hall–Kier alpha value is -3.55. The Balaban J connectivity index is 1.71. The number of nitrogens with one attached hydrogen (secondary N) is 3. The number of carbonyl (C=O) groups excluding carboxylic acids is 3. The number of rotatable bonds is 4. The van der Waals surface area contributed by atoms with Crippen molar-refractivity contribution in [1.82, 2.24) is 0 Å². The third-order valence-electron chi connectivity index (χ3n) is 3.81. The number of amides is 3. The van der Waals surface area contributed by atoms with Crippen LogP contribution in [-0.4, -0.2) is 30.6 Å². The predicted octanol–water partition coefficient (Wildman–Crippen LogP) is 3.23. The first kappa shape index (κ1) is 18.2. The van der Waals surface area contributed by atoms with Gasteiger partial charge in [-0.2, -0.15) is 0 Å². The van der Waals surface area contributed by atoms with Gasteiger partial charge in [-0.25, -0.2) is 4.79 Å². The molecule has 3 amide bonds. The van der Waals surface area contributed by atoms with Crippen molar-refractivity contribution in [2.24, 2.45) is 0 Å². The fourth-order valence-electron chi connectivity index (χ4n) is 2.51. The van der Waals surface area contributed by atoms with Crippen molar-refractivity contribution in [3.63, 3.8) is 0 Å². The molecule has 27 heavy (non-hydrogen) atoms. The van der Waals surface area contributed by atoms with Crippen LogP contribution in [0.4, 0.5) is 21.9 Å². The molecular weight excluding hydrogens is 350 g/mol. The Bertz CT molecular complexity index is 897. The van der Waals surface area contributed by atoms with Crippen molar-refractivity contribution in [3.05, 3.63) is 48.0 Å². The number of fused-ring (bicyclic) bond motifs is 1. The smallest absolute Gasteiger partial charge is 0.411 e. The van der Waals surface area contributed by atoms with Crippen molar-refractivity contribution in [3.8, 4) is 5.75 Å². The summed E-state index contributed by atoms with van der Waals surface area (Å²) in [5.74, 6) is -0.0664. The molecule has 8 nitrogen and oxygen atoms in total. The van der Waals surface area contributed by atoms with Gasteiger partial charge in [-0.05, 0) is 50.2 Å². The molecule has 0 spiro atoms. The molecule has 2 aromatic carbocycles. The van der Waals surface area contributed by atoms with Gasteiger partial charge in [-0.15, -0.1) is 0 Å². The Kier molecular flexibility index (Phi) is 5.25. The lowest BCUT2D eigenvalue weighted by molar-refractivity contribution is -0.122. The highest BCUT2D eigenvalue weighted by Crippen LogP contribution is 2.32. The van der Waals surface area contributed by atoms with Crippen LogP contribution < -0.4 is 20.7 Å². The van der Waals surface area contributed by atoms with Gasteiger partial charge < -0.3 is 20.1 Å². The van der Waals surface area contributed by atoms with E-state index in [1.165, 1.54) is 6.07 Å². The van der Waals surface area contributed by atoms with Crippen LogP contribution in [0, 0.1) is 0 Å². The van der Waals surface area contributed by atoms with Crippen LogP contribution in [0.2, 0.25) is 0 Å². The summed E-state index contributed by atoms with van der Waals surface area (Å²) in [7, 11) is 0. The Morgan fingerprint density at radius 1 is 1.15 bits per heavy atom. The van der Waals surface area contributed by atoms with Crippen LogP contribution >= 0.6 is 0 Å². The van der Waals surface area contributed by atoms with Crippen molar-refractivity contribution < 1.29 is 23.9 Å². The van der Waals surface area contributed by atoms with Gasteiger partial charge in [0.1, 0.15) is 5.75 Å². The summed E-state index contributed by atoms with van der Waals surface area (Å²) in [6.45, 7) is 3.62. The van der Waals surface area contributed by atoms with E-state index in [9.17, 15) is 14.4 Å². The molecule has 0 unspecified atom stereocenters. The Morgan fingerprint density at radius 3 is 2.70 bits per heavy atom. The molecule has 1 aliphatic heterocycles. The average molecular weight is 369 g/mol. The molecule has 0 fully saturated rings. The summed E-state index contributed by atoms with van der Waals surface area (Å²) in [6.07, 6.45) is -1.15. The molecule has 0 radical (unpaired) electrons. The Labute approximate surface area is 155 Å². The lowest BCUT2D eigenvalue weighted by atomic mass is 10.1. The fraction of sp³-hybridized carbons (Fsp3) is 0.211. The zero-order chi connectivity index (χ0) is 19.4. The summed E-state index contributed by atoms with van der Waals surface area (Å²) in [5.41, 5.74) is 1.80. The number of hydrogen-bond donors (Lipinski definition) is 3. The van der Waals surface area contributed by atoms with Gasteiger partial charge in [0.2, 0.25) is 0 Å². The van der Waals surface area contributed by atoms with E-state index in [0.717, 1.165) is 0 Å².